The Labute approximate surface area is 250 Å². The van der Waals surface area contributed by atoms with Crippen molar-refractivity contribution in [3.63, 3.8) is 0 Å². The number of amides is 2. The molecule has 1 fully saturated rings. The molecule has 3 atom stereocenters. The fourth-order valence-corrected chi connectivity index (χ4v) is 5.27. The molecule has 1 aromatic carbocycles. The predicted molar refractivity (Wildman–Crippen MR) is 163 cm³/mol. The van der Waals surface area contributed by atoms with E-state index in [0.717, 1.165) is 11.3 Å². The summed E-state index contributed by atoms with van der Waals surface area (Å²) in [6.45, 7) is 5.87. The number of likely N-dealkylation sites (tertiary alicyclic amines) is 1. The molecule has 4 rings (SSSR count). The Morgan fingerprint density at radius 3 is 2.71 bits per heavy atom. The first kappa shape index (κ1) is 31.6. The number of methoxy groups -OCH3 is 1. The van der Waals surface area contributed by atoms with E-state index in [0.29, 0.717) is 55.2 Å². The van der Waals surface area contributed by atoms with Gasteiger partial charge in [0.1, 0.15) is 30.7 Å². The van der Waals surface area contributed by atoms with Crippen LogP contribution in [0.1, 0.15) is 42.6 Å². The number of ether oxygens (including phenoxy) is 4. The summed E-state index contributed by atoms with van der Waals surface area (Å²) in [6.07, 6.45) is 8.40. The standard InChI is InChI=1S/C30H41N5O6S/c1-21(18-38-3)32-29(36)25-17-34(20-39-13-14-42(4)5)28-27(25)33-26(16-31-28)41-24-11-12-35(22(2)15-24)30(37)40-19-23-9-7-6-8-10-23/h6-10,16-17,21-22,24H,11-15,18-20H2,1-5H3/p+1/t21-,22+,24-/m0/s1. The molecule has 3 aromatic rings. The maximum atomic E-state index is 13.2. The molecule has 0 radical (unpaired) electrons. The second-order valence-electron chi connectivity index (χ2n) is 10.8. The first-order chi connectivity index (χ1) is 20.2. The molecule has 3 heterocycles. The topological polar surface area (TPSA) is 117 Å². The molecule has 2 amide bonds. The van der Waals surface area contributed by atoms with Crippen LogP contribution in [0.4, 0.5) is 4.79 Å². The van der Waals surface area contributed by atoms with Crippen molar-refractivity contribution in [3.05, 3.63) is 53.9 Å². The van der Waals surface area contributed by atoms with Gasteiger partial charge in [0.2, 0.25) is 5.88 Å². The zero-order valence-corrected chi connectivity index (χ0v) is 25.9. The number of rotatable bonds is 13. The quantitative estimate of drug-likeness (QED) is 0.234. The highest BCUT2D eigenvalue weighted by Crippen LogP contribution is 2.25. The zero-order chi connectivity index (χ0) is 30.1. The van der Waals surface area contributed by atoms with Gasteiger partial charge in [-0.25, -0.2) is 14.8 Å². The zero-order valence-electron chi connectivity index (χ0n) is 25.1. The van der Waals surface area contributed by atoms with Gasteiger partial charge in [-0.15, -0.1) is 0 Å². The molecule has 228 valence electrons. The number of nitrogens with zero attached hydrogens (tertiary/aromatic N) is 4. The number of benzene rings is 1. The summed E-state index contributed by atoms with van der Waals surface area (Å²) >= 11 is 0. The fourth-order valence-electron chi connectivity index (χ4n) is 4.82. The minimum Gasteiger partial charge on any atom is -0.473 e. The van der Waals surface area contributed by atoms with Crippen LogP contribution in [0, 0.1) is 0 Å². The molecular formula is C30H42N5O6S+. The lowest BCUT2D eigenvalue weighted by molar-refractivity contribution is 0.0386. The van der Waals surface area contributed by atoms with Crippen LogP contribution in [-0.2, 0) is 38.4 Å². The maximum absolute atomic E-state index is 13.2. The molecule has 12 heteroatoms. The molecule has 1 aliphatic rings. The van der Waals surface area contributed by atoms with Gasteiger partial charge in [0.15, 0.2) is 5.65 Å². The minimum atomic E-state index is -0.332. The number of carbonyl (C=O) groups is 2. The maximum Gasteiger partial charge on any atom is 0.410 e. The Hall–Kier alpha value is -3.35. The number of hydrogen-bond donors (Lipinski definition) is 1. The van der Waals surface area contributed by atoms with E-state index in [2.05, 4.69) is 22.8 Å². The van der Waals surface area contributed by atoms with Crippen LogP contribution in [-0.4, -0.2) is 94.8 Å². The molecule has 0 saturated carbocycles. The summed E-state index contributed by atoms with van der Waals surface area (Å²) in [7, 11) is 1.88. The lowest BCUT2D eigenvalue weighted by Crippen LogP contribution is -2.47. The van der Waals surface area contributed by atoms with Crippen LogP contribution in [0.15, 0.2) is 42.7 Å². The summed E-state index contributed by atoms with van der Waals surface area (Å²) in [5, 5.41) is 2.95. The molecule has 1 aliphatic heterocycles. The van der Waals surface area contributed by atoms with Gasteiger partial charge in [-0.3, -0.25) is 4.79 Å². The third kappa shape index (κ3) is 8.59. The van der Waals surface area contributed by atoms with Crippen LogP contribution in [0.2, 0.25) is 0 Å². The SMILES string of the molecule is COC[C@H](C)NC(=O)c1cn(COCC[S+](C)C)c2ncc(O[C@H]3CCN(C(=O)OCc4ccccc4)[C@H](C)C3)nc12. The lowest BCUT2D eigenvalue weighted by Gasteiger charge is -2.36. The van der Waals surface area contributed by atoms with Gasteiger partial charge in [-0.1, -0.05) is 30.3 Å². The van der Waals surface area contributed by atoms with Crippen molar-refractivity contribution in [1.82, 2.24) is 24.8 Å². The Kier molecular flexibility index (Phi) is 11.4. The van der Waals surface area contributed by atoms with Gasteiger partial charge in [-0.05, 0) is 30.3 Å². The molecular weight excluding hydrogens is 558 g/mol. The average Bonchev–Trinajstić information content (AvgIpc) is 3.32. The molecule has 0 bridgehead atoms. The van der Waals surface area contributed by atoms with Crippen LogP contribution >= 0.6 is 0 Å². The van der Waals surface area contributed by atoms with Crippen LogP contribution < -0.4 is 10.1 Å². The highest BCUT2D eigenvalue weighted by Gasteiger charge is 2.31. The third-order valence-electron chi connectivity index (χ3n) is 7.00. The van der Waals surface area contributed by atoms with Crippen LogP contribution in [0.5, 0.6) is 5.88 Å². The molecule has 1 saturated heterocycles. The number of piperidine rings is 1. The first-order valence-corrected chi connectivity index (χ1v) is 16.4. The van der Waals surface area contributed by atoms with Gasteiger partial charge < -0.3 is 33.7 Å². The van der Waals surface area contributed by atoms with E-state index >= 15 is 0 Å². The molecule has 0 unspecified atom stereocenters. The van der Waals surface area contributed by atoms with Gasteiger partial charge in [-0.2, -0.15) is 0 Å². The van der Waals surface area contributed by atoms with Crippen molar-refractivity contribution in [2.24, 2.45) is 0 Å². The Morgan fingerprint density at radius 2 is 2.00 bits per heavy atom. The van der Waals surface area contributed by atoms with Gasteiger partial charge in [0, 0.05) is 44.8 Å². The average molecular weight is 601 g/mol. The smallest absolute Gasteiger partial charge is 0.410 e. The molecule has 0 spiro atoms. The van der Waals surface area contributed by atoms with Crippen molar-refractivity contribution in [2.75, 3.05) is 45.1 Å². The van der Waals surface area contributed by atoms with E-state index in [1.165, 1.54) is 0 Å². The van der Waals surface area contributed by atoms with Crippen LogP contribution in [0.25, 0.3) is 11.2 Å². The second-order valence-corrected chi connectivity index (χ2v) is 13.2. The van der Waals surface area contributed by atoms with Crippen molar-refractivity contribution in [2.45, 2.75) is 58.2 Å². The Morgan fingerprint density at radius 1 is 1.21 bits per heavy atom. The molecule has 0 aliphatic carbocycles. The summed E-state index contributed by atoms with van der Waals surface area (Å²) in [5.74, 6) is 1.03. The van der Waals surface area contributed by atoms with Gasteiger partial charge in [0.25, 0.3) is 5.91 Å². The summed E-state index contributed by atoms with van der Waals surface area (Å²) in [4.78, 5) is 37.0. The monoisotopic (exact) mass is 600 g/mol. The van der Waals surface area contributed by atoms with E-state index < -0.39 is 0 Å². The summed E-state index contributed by atoms with van der Waals surface area (Å²) in [6, 6.07) is 9.38. The largest absolute Gasteiger partial charge is 0.473 e. The van der Waals surface area contributed by atoms with Crippen molar-refractivity contribution in [3.8, 4) is 5.88 Å². The van der Waals surface area contributed by atoms with Gasteiger partial charge >= 0.3 is 6.09 Å². The van der Waals surface area contributed by atoms with Gasteiger partial charge in [0.05, 0.1) is 37.5 Å². The number of carbonyl (C=O) groups excluding carboxylic acids is 2. The minimum absolute atomic E-state index is 0.0722. The molecule has 11 nitrogen and oxygen atoms in total. The van der Waals surface area contributed by atoms with E-state index in [4.69, 9.17) is 23.9 Å². The van der Waals surface area contributed by atoms with Crippen LogP contribution in [0.3, 0.4) is 0 Å². The third-order valence-corrected chi connectivity index (χ3v) is 7.99. The van der Waals surface area contributed by atoms with E-state index in [1.54, 1.807) is 29.0 Å². The lowest BCUT2D eigenvalue weighted by atomic mass is 10.0. The Balaban J connectivity index is 1.43. The Bertz CT molecular complexity index is 1320. The summed E-state index contributed by atoms with van der Waals surface area (Å²) in [5.41, 5.74) is 2.33. The number of nitrogens with one attached hydrogen (secondary N) is 1. The normalized spacial score (nSPS) is 17.8. The van der Waals surface area contributed by atoms with E-state index in [-0.39, 0.29) is 54.4 Å². The molecule has 1 N–H and O–H groups in total. The number of fused-ring (bicyclic) bond motifs is 1. The predicted octanol–water partition coefficient (Wildman–Crippen LogP) is 3.62. The summed E-state index contributed by atoms with van der Waals surface area (Å²) < 4.78 is 24.6. The van der Waals surface area contributed by atoms with Crippen molar-refractivity contribution < 1.29 is 28.5 Å². The highest BCUT2D eigenvalue weighted by atomic mass is 32.2. The highest BCUT2D eigenvalue weighted by molar-refractivity contribution is 7.95. The molecule has 42 heavy (non-hydrogen) atoms. The van der Waals surface area contributed by atoms with Crippen molar-refractivity contribution >= 4 is 34.1 Å². The van der Waals surface area contributed by atoms with E-state index in [1.807, 2.05) is 44.2 Å². The number of hydrogen-bond acceptors (Lipinski definition) is 8. The first-order valence-electron chi connectivity index (χ1n) is 14.2. The van der Waals surface area contributed by atoms with Crippen molar-refractivity contribution in [1.29, 1.82) is 0 Å². The molecule has 2 aromatic heterocycles. The van der Waals surface area contributed by atoms with E-state index in [9.17, 15) is 9.59 Å². The second kappa shape index (κ2) is 15.2. The fraction of sp³-hybridized carbons (Fsp3) is 0.533. The number of aromatic nitrogens is 3.